The Labute approximate surface area is 239 Å². The van der Waals surface area contributed by atoms with Crippen molar-refractivity contribution in [2.45, 2.75) is 51.7 Å². The zero-order valence-corrected chi connectivity index (χ0v) is 23.6. The normalized spacial score (nSPS) is 18.1. The zero-order valence-electron chi connectivity index (χ0n) is 23.6. The third-order valence-corrected chi connectivity index (χ3v) is 7.36. The summed E-state index contributed by atoms with van der Waals surface area (Å²) in [6.45, 7) is 6.93. The quantitative estimate of drug-likeness (QED) is 0.415. The van der Waals surface area contributed by atoms with Gasteiger partial charge in [0.05, 0.1) is 17.9 Å². The lowest BCUT2D eigenvalue weighted by atomic mass is 10.1. The van der Waals surface area contributed by atoms with Gasteiger partial charge in [-0.05, 0) is 69.2 Å². The summed E-state index contributed by atoms with van der Waals surface area (Å²) in [6, 6.07) is 15.2. The van der Waals surface area contributed by atoms with Gasteiger partial charge in [-0.1, -0.05) is 36.4 Å². The summed E-state index contributed by atoms with van der Waals surface area (Å²) in [5.74, 6) is -0.513. The van der Waals surface area contributed by atoms with Crippen molar-refractivity contribution in [3.63, 3.8) is 0 Å². The van der Waals surface area contributed by atoms with Crippen molar-refractivity contribution in [3.05, 3.63) is 77.1 Å². The lowest BCUT2D eigenvalue weighted by Crippen LogP contribution is -2.36. The van der Waals surface area contributed by atoms with E-state index in [2.05, 4.69) is 32.7 Å². The highest BCUT2D eigenvalue weighted by atomic mass is 16.6. The number of amides is 3. The molecule has 41 heavy (non-hydrogen) atoms. The SMILES string of the molecule is CC(C)(C)OC(=O)N1CC[C@H](CNC(=O)c2nc(-c3cccc(C(=O)N[C@H]4CCc5ccccc54)c3)cnc2N)C1. The van der Waals surface area contributed by atoms with Crippen LogP contribution in [-0.4, -0.2) is 58.0 Å². The highest BCUT2D eigenvalue weighted by Gasteiger charge is 2.30. The van der Waals surface area contributed by atoms with Gasteiger partial charge in [-0.25, -0.2) is 14.8 Å². The van der Waals surface area contributed by atoms with E-state index in [1.165, 1.54) is 11.8 Å². The van der Waals surface area contributed by atoms with Gasteiger partial charge in [0.1, 0.15) is 5.60 Å². The van der Waals surface area contributed by atoms with Crippen LogP contribution >= 0.6 is 0 Å². The number of nitrogens with zero attached hydrogens (tertiary/aromatic N) is 3. The Bertz CT molecular complexity index is 1470. The number of rotatable bonds is 6. The van der Waals surface area contributed by atoms with Crippen LogP contribution < -0.4 is 16.4 Å². The molecule has 1 fully saturated rings. The molecule has 2 aliphatic rings. The molecule has 0 bridgehead atoms. The summed E-state index contributed by atoms with van der Waals surface area (Å²) in [6.07, 6.45) is 3.70. The Morgan fingerprint density at radius 2 is 1.88 bits per heavy atom. The Hall–Kier alpha value is -4.47. The molecule has 214 valence electrons. The standard InChI is InChI=1S/C31H36N6O4/c1-31(2,3)41-30(40)37-14-13-19(18-37)16-34-29(39)26-27(32)33-17-25(35-26)21-8-6-9-22(15-21)28(38)36-24-12-11-20-7-4-5-10-23(20)24/h4-10,15,17,19,24H,11-14,16,18H2,1-3H3,(H2,32,33)(H,34,39)(H,36,38)/t19-,24+/m1/s1. The molecular weight excluding hydrogens is 520 g/mol. The van der Waals surface area contributed by atoms with Crippen LogP contribution in [0.5, 0.6) is 0 Å². The third-order valence-electron chi connectivity index (χ3n) is 7.36. The number of nitrogen functional groups attached to an aromatic ring is 1. The number of nitrogens with one attached hydrogen (secondary N) is 2. The number of aryl methyl sites for hydroxylation is 1. The van der Waals surface area contributed by atoms with Crippen LogP contribution in [0.1, 0.15) is 71.6 Å². The van der Waals surface area contributed by atoms with Gasteiger partial charge in [0, 0.05) is 30.8 Å². The van der Waals surface area contributed by atoms with Gasteiger partial charge in [-0.15, -0.1) is 0 Å². The maximum atomic E-state index is 13.1. The number of ether oxygens (including phenoxy) is 1. The predicted octanol–water partition coefficient (Wildman–Crippen LogP) is 4.13. The summed E-state index contributed by atoms with van der Waals surface area (Å²) in [4.78, 5) is 48.8. The van der Waals surface area contributed by atoms with E-state index in [4.69, 9.17) is 10.5 Å². The fraction of sp³-hybridized carbons (Fsp3) is 0.387. The molecule has 1 aliphatic carbocycles. The summed E-state index contributed by atoms with van der Waals surface area (Å²) in [5.41, 5.74) is 9.47. The molecule has 1 aromatic heterocycles. The van der Waals surface area contributed by atoms with Crippen molar-refractivity contribution in [1.29, 1.82) is 0 Å². The Kier molecular flexibility index (Phi) is 7.92. The molecule has 10 nitrogen and oxygen atoms in total. The van der Waals surface area contributed by atoms with Crippen LogP contribution in [0.25, 0.3) is 11.3 Å². The molecule has 0 saturated carbocycles. The molecule has 2 heterocycles. The second-order valence-electron chi connectivity index (χ2n) is 11.6. The molecule has 0 radical (unpaired) electrons. The molecule has 5 rings (SSSR count). The molecular formula is C31H36N6O4. The van der Waals surface area contributed by atoms with Gasteiger partial charge in [0.25, 0.3) is 11.8 Å². The van der Waals surface area contributed by atoms with Crippen LogP contribution in [0.4, 0.5) is 10.6 Å². The van der Waals surface area contributed by atoms with Gasteiger partial charge in [-0.2, -0.15) is 0 Å². The number of hydrogen-bond acceptors (Lipinski definition) is 7. The van der Waals surface area contributed by atoms with Gasteiger partial charge in [0.15, 0.2) is 11.5 Å². The van der Waals surface area contributed by atoms with E-state index in [-0.39, 0.29) is 35.5 Å². The van der Waals surface area contributed by atoms with Crippen molar-refractivity contribution in [2.75, 3.05) is 25.4 Å². The molecule has 10 heteroatoms. The van der Waals surface area contributed by atoms with Crippen molar-refractivity contribution in [1.82, 2.24) is 25.5 Å². The second-order valence-corrected chi connectivity index (χ2v) is 11.6. The zero-order chi connectivity index (χ0) is 29.1. The number of carbonyl (C=O) groups excluding carboxylic acids is 3. The maximum Gasteiger partial charge on any atom is 0.410 e. The average molecular weight is 557 g/mol. The topological polar surface area (TPSA) is 140 Å². The number of carbonyl (C=O) groups is 3. The van der Waals surface area contributed by atoms with Gasteiger partial charge >= 0.3 is 6.09 Å². The van der Waals surface area contributed by atoms with E-state index >= 15 is 0 Å². The molecule has 3 amide bonds. The predicted molar refractivity (Wildman–Crippen MR) is 155 cm³/mol. The molecule has 2 aromatic carbocycles. The van der Waals surface area contributed by atoms with Gasteiger partial charge < -0.3 is 26.0 Å². The number of nitrogens with two attached hydrogens (primary N) is 1. The minimum Gasteiger partial charge on any atom is -0.444 e. The minimum absolute atomic E-state index is 0.0156. The maximum absolute atomic E-state index is 13.1. The van der Waals surface area contributed by atoms with Crippen LogP contribution in [0.2, 0.25) is 0 Å². The molecule has 1 saturated heterocycles. The molecule has 3 aromatic rings. The first-order valence-electron chi connectivity index (χ1n) is 13.9. The van der Waals surface area contributed by atoms with E-state index in [0.717, 1.165) is 24.8 Å². The Morgan fingerprint density at radius 1 is 1.07 bits per heavy atom. The third kappa shape index (κ3) is 6.65. The molecule has 1 aliphatic heterocycles. The number of aromatic nitrogens is 2. The first-order valence-corrected chi connectivity index (χ1v) is 13.9. The van der Waals surface area contributed by atoms with Crippen molar-refractivity contribution in [2.24, 2.45) is 5.92 Å². The lowest BCUT2D eigenvalue weighted by molar-refractivity contribution is 0.0288. The lowest BCUT2D eigenvalue weighted by Gasteiger charge is -2.24. The Morgan fingerprint density at radius 3 is 2.68 bits per heavy atom. The van der Waals surface area contributed by atoms with Crippen LogP contribution in [0, 0.1) is 5.92 Å². The molecule has 2 atom stereocenters. The minimum atomic E-state index is -0.559. The number of fused-ring (bicyclic) bond motifs is 1. The van der Waals surface area contributed by atoms with E-state index in [1.807, 2.05) is 39.0 Å². The molecule has 0 unspecified atom stereocenters. The summed E-state index contributed by atoms with van der Waals surface area (Å²) in [7, 11) is 0. The van der Waals surface area contributed by atoms with E-state index < -0.39 is 11.5 Å². The van der Waals surface area contributed by atoms with Crippen molar-refractivity contribution >= 4 is 23.7 Å². The number of anilines is 1. The monoisotopic (exact) mass is 556 g/mol. The van der Waals surface area contributed by atoms with Crippen molar-refractivity contribution < 1.29 is 19.1 Å². The second kappa shape index (κ2) is 11.6. The van der Waals surface area contributed by atoms with Crippen LogP contribution in [0.3, 0.4) is 0 Å². The largest absolute Gasteiger partial charge is 0.444 e. The summed E-state index contributed by atoms with van der Waals surface area (Å²) < 4.78 is 5.45. The number of benzene rings is 2. The highest BCUT2D eigenvalue weighted by molar-refractivity contribution is 5.97. The van der Waals surface area contributed by atoms with Crippen LogP contribution in [0.15, 0.2) is 54.7 Å². The fourth-order valence-corrected chi connectivity index (χ4v) is 5.29. The first-order chi connectivity index (χ1) is 19.6. The fourth-order valence-electron chi connectivity index (χ4n) is 5.29. The number of likely N-dealkylation sites (tertiary alicyclic amines) is 1. The molecule has 0 spiro atoms. The van der Waals surface area contributed by atoms with Crippen molar-refractivity contribution in [3.8, 4) is 11.3 Å². The van der Waals surface area contributed by atoms with Gasteiger partial charge in [0.2, 0.25) is 0 Å². The average Bonchev–Trinajstić information content (AvgIpc) is 3.59. The first kappa shape index (κ1) is 28.1. The van der Waals surface area contributed by atoms with E-state index in [1.54, 1.807) is 23.1 Å². The smallest absolute Gasteiger partial charge is 0.410 e. The summed E-state index contributed by atoms with van der Waals surface area (Å²) >= 11 is 0. The Balaban J connectivity index is 1.22. The summed E-state index contributed by atoms with van der Waals surface area (Å²) in [5, 5.41) is 6.02. The molecule has 4 N–H and O–H groups in total. The number of hydrogen-bond donors (Lipinski definition) is 3. The van der Waals surface area contributed by atoms with Gasteiger partial charge in [-0.3, -0.25) is 9.59 Å². The van der Waals surface area contributed by atoms with E-state index in [0.29, 0.717) is 36.5 Å². The highest BCUT2D eigenvalue weighted by Crippen LogP contribution is 2.31. The van der Waals surface area contributed by atoms with E-state index in [9.17, 15) is 14.4 Å². The van der Waals surface area contributed by atoms with Crippen LogP contribution in [-0.2, 0) is 11.2 Å².